The highest BCUT2D eigenvalue weighted by Gasteiger charge is 2.35. The lowest BCUT2D eigenvalue weighted by Gasteiger charge is -2.19. The van der Waals surface area contributed by atoms with Crippen molar-refractivity contribution in [2.24, 2.45) is 9.98 Å². The Labute approximate surface area is 393 Å². The van der Waals surface area contributed by atoms with Crippen molar-refractivity contribution in [3.63, 3.8) is 0 Å². The number of ether oxygens (including phenoxy) is 5. The van der Waals surface area contributed by atoms with Gasteiger partial charge < -0.3 is 38.8 Å². The number of benzene rings is 4. The SMILES string of the molecule is COc1ccc(C2=CN3C(=O)c4cc(OC)c(OCCCOc5cc6c(cc5OC)C(=O)N5C=C(c7ccc(NC(=O)CCCCCN8C(=O)C=CC8=O)cc7)CC5C=N6)cc4N=CC3C2)cc1. The summed E-state index contributed by atoms with van der Waals surface area (Å²) in [4.78, 5) is 77.8. The van der Waals surface area contributed by atoms with Crippen LogP contribution in [-0.2, 0) is 14.4 Å². The predicted octanol–water partition coefficient (Wildman–Crippen LogP) is 7.93. The molecule has 16 heteroatoms. The lowest BCUT2D eigenvalue weighted by Crippen LogP contribution is -2.32. The van der Waals surface area contributed by atoms with Gasteiger partial charge in [0.2, 0.25) is 5.91 Å². The number of hydrogen-bond acceptors (Lipinski definition) is 12. The Kier molecular flexibility index (Phi) is 13.2. The summed E-state index contributed by atoms with van der Waals surface area (Å²) in [6.07, 6.45) is 13.8. The van der Waals surface area contributed by atoms with Gasteiger partial charge in [-0.3, -0.25) is 38.9 Å². The summed E-state index contributed by atoms with van der Waals surface area (Å²) in [6, 6.07) is 21.5. The lowest BCUT2D eigenvalue weighted by atomic mass is 10.0. The first-order valence-corrected chi connectivity index (χ1v) is 22.5. The van der Waals surface area contributed by atoms with Gasteiger partial charge in [-0.15, -0.1) is 0 Å². The molecule has 0 saturated carbocycles. The number of nitrogens with one attached hydrogen (secondary N) is 1. The highest BCUT2D eigenvalue weighted by molar-refractivity contribution is 6.13. The molecule has 0 aromatic heterocycles. The van der Waals surface area contributed by atoms with E-state index in [9.17, 15) is 24.0 Å². The molecule has 2 atom stereocenters. The molecular weight excluding hydrogens is 869 g/mol. The second-order valence-corrected chi connectivity index (χ2v) is 16.7. The molecule has 0 saturated heterocycles. The van der Waals surface area contributed by atoms with Gasteiger partial charge in [0.15, 0.2) is 23.0 Å². The minimum Gasteiger partial charge on any atom is -0.497 e. The first kappa shape index (κ1) is 45.2. The lowest BCUT2D eigenvalue weighted by molar-refractivity contribution is -0.136. The zero-order valence-electron chi connectivity index (χ0n) is 37.9. The third kappa shape index (κ3) is 9.47. The van der Waals surface area contributed by atoms with Gasteiger partial charge in [-0.25, -0.2) is 0 Å². The minimum atomic E-state index is -0.296. The Morgan fingerprint density at radius 3 is 1.63 bits per heavy atom. The summed E-state index contributed by atoms with van der Waals surface area (Å²) in [7, 11) is 4.68. The second kappa shape index (κ2) is 19.8. The summed E-state index contributed by atoms with van der Waals surface area (Å²) in [5, 5.41) is 2.93. The van der Waals surface area contributed by atoms with Crippen molar-refractivity contribution in [2.75, 3.05) is 46.4 Å². The molecule has 4 aromatic carbocycles. The first-order valence-electron chi connectivity index (χ1n) is 22.5. The largest absolute Gasteiger partial charge is 0.497 e. The van der Waals surface area contributed by atoms with Crippen molar-refractivity contribution < 1.29 is 47.7 Å². The molecule has 68 heavy (non-hydrogen) atoms. The molecule has 1 N–H and O–H groups in total. The molecule has 0 fully saturated rings. The van der Waals surface area contributed by atoms with Crippen molar-refractivity contribution in [1.29, 1.82) is 0 Å². The maximum atomic E-state index is 14.0. The van der Waals surface area contributed by atoms with Crippen molar-refractivity contribution in [3.8, 4) is 28.7 Å². The molecule has 5 aliphatic rings. The smallest absolute Gasteiger partial charge is 0.260 e. The Balaban J connectivity index is 0.766. The number of unbranched alkanes of at least 4 members (excludes halogenated alkanes) is 2. The fourth-order valence-corrected chi connectivity index (χ4v) is 8.75. The fourth-order valence-electron chi connectivity index (χ4n) is 8.75. The van der Waals surface area contributed by atoms with Crippen LogP contribution in [0.3, 0.4) is 0 Å². The van der Waals surface area contributed by atoms with Gasteiger partial charge in [-0.2, -0.15) is 0 Å². The van der Waals surface area contributed by atoms with Crippen LogP contribution in [0.15, 0.2) is 107 Å². The number of carbonyl (C=O) groups excluding carboxylic acids is 5. The maximum absolute atomic E-state index is 14.0. The highest BCUT2D eigenvalue weighted by Crippen LogP contribution is 2.42. The van der Waals surface area contributed by atoms with E-state index in [4.69, 9.17) is 33.7 Å². The molecule has 0 spiro atoms. The van der Waals surface area contributed by atoms with Crippen LogP contribution in [0.25, 0.3) is 11.1 Å². The molecule has 9 rings (SSSR count). The van der Waals surface area contributed by atoms with Crippen LogP contribution in [0.4, 0.5) is 17.1 Å². The van der Waals surface area contributed by atoms with Gasteiger partial charge in [0.25, 0.3) is 23.6 Å². The average molecular weight is 919 g/mol. The maximum Gasteiger partial charge on any atom is 0.260 e. The van der Waals surface area contributed by atoms with E-state index in [0.717, 1.165) is 28.0 Å². The standard InChI is InChI=1S/C52H50N6O10/c1-64-39-15-11-33(12-16-39)35-23-38-29-54-43-27-47(45(66-3)25-41(43)52(63)58(38)31-35)68-21-7-20-67-46-26-42-40(24-44(46)65-2)51(62)57-30-34(22-37(57)28-53-42)32-9-13-36(14-10-32)55-48(59)8-5-4-6-19-56-49(60)17-18-50(56)61/h9-18,24-31,37-38H,4-8,19-23H2,1-3H3,(H,55,59). The number of methoxy groups -OCH3 is 3. The van der Waals surface area contributed by atoms with E-state index in [2.05, 4.69) is 5.32 Å². The van der Waals surface area contributed by atoms with Crippen molar-refractivity contribution in [2.45, 2.75) is 57.0 Å². The summed E-state index contributed by atoms with van der Waals surface area (Å²) < 4.78 is 28.9. The molecule has 4 aromatic rings. The summed E-state index contributed by atoms with van der Waals surface area (Å²) in [5.41, 5.74) is 6.36. The average Bonchev–Trinajstić information content (AvgIpc) is 4.04. The number of nitrogens with zero attached hydrogens (tertiary/aromatic N) is 5. The number of fused-ring (bicyclic) bond motifs is 4. The van der Waals surface area contributed by atoms with Crippen LogP contribution < -0.4 is 29.0 Å². The van der Waals surface area contributed by atoms with E-state index >= 15 is 0 Å². The second-order valence-electron chi connectivity index (χ2n) is 16.7. The van der Waals surface area contributed by atoms with Crippen LogP contribution in [0.1, 0.15) is 76.8 Å². The third-order valence-electron chi connectivity index (χ3n) is 12.4. The van der Waals surface area contributed by atoms with Crippen LogP contribution >= 0.6 is 0 Å². The molecule has 348 valence electrons. The van der Waals surface area contributed by atoms with E-state index in [1.165, 1.54) is 31.3 Å². The van der Waals surface area contributed by atoms with E-state index in [1.807, 2.05) is 60.9 Å². The van der Waals surface area contributed by atoms with E-state index in [1.54, 1.807) is 53.6 Å². The molecule has 16 nitrogen and oxygen atoms in total. The van der Waals surface area contributed by atoms with Gasteiger partial charge >= 0.3 is 0 Å². The fraction of sp³-hybridized carbons (Fsp3) is 0.288. The quantitative estimate of drug-likeness (QED) is 0.0762. The number of hydrogen-bond donors (Lipinski definition) is 1. The topological polar surface area (TPSA) is 178 Å². The molecular formula is C52H50N6O10. The molecule has 5 aliphatic heterocycles. The Bertz CT molecular complexity index is 2800. The molecule has 0 bridgehead atoms. The van der Waals surface area contributed by atoms with Crippen molar-refractivity contribution in [1.82, 2.24) is 14.7 Å². The number of rotatable bonds is 18. The Morgan fingerprint density at radius 2 is 1.13 bits per heavy atom. The van der Waals surface area contributed by atoms with Crippen molar-refractivity contribution in [3.05, 3.63) is 120 Å². The third-order valence-corrected chi connectivity index (χ3v) is 12.4. The van der Waals surface area contributed by atoms with E-state index in [0.29, 0.717) is 103 Å². The number of aliphatic imine (C=N–C) groups is 2. The van der Waals surface area contributed by atoms with E-state index in [-0.39, 0.29) is 54.8 Å². The van der Waals surface area contributed by atoms with Gasteiger partial charge in [0, 0.05) is 87.0 Å². The van der Waals surface area contributed by atoms with Crippen LogP contribution in [-0.4, -0.2) is 110 Å². The van der Waals surface area contributed by atoms with Crippen molar-refractivity contribution >= 4 is 70.2 Å². The summed E-state index contributed by atoms with van der Waals surface area (Å²) in [6.45, 7) is 0.891. The molecule has 2 unspecified atom stereocenters. The predicted molar refractivity (Wildman–Crippen MR) is 255 cm³/mol. The van der Waals surface area contributed by atoms with Gasteiger partial charge in [-0.1, -0.05) is 30.7 Å². The van der Waals surface area contributed by atoms with Crippen LogP contribution in [0.2, 0.25) is 0 Å². The van der Waals surface area contributed by atoms with E-state index < -0.39 is 0 Å². The van der Waals surface area contributed by atoms with Gasteiger partial charge in [-0.05, 0) is 71.5 Å². The van der Waals surface area contributed by atoms with Gasteiger partial charge in [0.05, 0.1) is 69.1 Å². The first-order chi connectivity index (χ1) is 33.1. The normalized spacial score (nSPS) is 17.8. The zero-order valence-corrected chi connectivity index (χ0v) is 37.9. The van der Waals surface area contributed by atoms with Crippen LogP contribution in [0.5, 0.6) is 28.7 Å². The number of carbonyl (C=O) groups is 5. The highest BCUT2D eigenvalue weighted by atomic mass is 16.5. The monoisotopic (exact) mass is 918 g/mol. The summed E-state index contributed by atoms with van der Waals surface area (Å²) in [5.74, 6) is 1.36. The molecule has 0 aliphatic carbocycles. The molecule has 0 radical (unpaired) electrons. The number of imide groups is 1. The Hall–Kier alpha value is -8.01. The minimum absolute atomic E-state index is 0.117. The Morgan fingerprint density at radius 1 is 0.618 bits per heavy atom. The molecule has 5 heterocycles. The molecule has 5 amide bonds. The zero-order chi connectivity index (χ0) is 47.3. The summed E-state index contributed by atoms with van der Waals surface area (Å²) >= 11 is 0. The number of amides is 5. The van der Waals surface area contributed by atoms with Crippen LogP contribution in [0, 0.1) is 0 Å². The van der Waals surface area contributed by atoms with Gasteiger partial charge in [0.1, 0.15) is 5.75 Å². The number of anilines is 1.